The fourth-order valence-electron chi connectivity index (χ4n) is 2.44. The highest BCUT2D eigenvalue weighted by molar-refractivity contribution is 6.01. The van der Waals surface area contributed by atoms with E-state index in [1.807, 2.05) is 10.9 Å². The van der Waals surface area contributed by atoms with Crippen molar-refractivity contribution >= 4 is 11.6 Å². The molecule has 0 bridgehead atoms. The number of aryl methyl sites for hydroxylation is 1. The lowest BCUT2D eigenvalue weighted by molar-refractivity contribution is 0.101. The van der Waals surface area contributed by atoms with Gasteiger partial charge in [0.15, 0.2) is 5.82 Å². The van der Waals surface area contributed by atoms with Gasteiger partial charge in [-0.05, 0) is 25.9 Å². The third kappa shape index (κ3) is 2.57. The number of anilines is 1. The Morgan fingerprint density at radius 3 is 2.95 bits per heavy atom. The maximum atomic E-state index is 12.0. The van der Waals surface area contributed by atoms with Crippen LogP contribution in [0.4, 0.5) is 5.69 Å². The Bertz CT molecular complexity index is 596. The number of carbonyl (C=O) groups excluding carboxylic acids is 1. The van der Waals surface area contributed by atoms with E-state index in [0.717, 1.165) is 25.9 Å². The van der Waals surface area contributed by atoms with Crippen molar-refractivity contribution in [3.05, 3.63) is 30.6 Å². The summed E-state index contributed by atoms with van der Waals surface area (Å²) in [6.07, 6.45) is 9.04. The van der Waals surface area contributed by atoms with Crippen LogP contribution < -0.4 is 10.6 Å². The standard InChI is InChI=1S/C13H18N6O/c1-18-7-6-15-12(18)13(20)17-10-8-16-19(9-10)11-2-4-14-5-3-11/h6-9,11,14H,2-5H2,1H3,(H,17,20). The number of nitrogens with one attached hydrogen (secondary N) is 2. The van der Waals surface area contributed by atoms with Crippen LogP contribution >= 0.6 is 0 Å². The first-order chi connectivity index (χ1) is 9.74. The average Bonchev–Trinajstić information content (AvgIpc) is 3.09. The van der Waals surface area contributed by atoms with Crippen LogP contribution in [0, 0.1) is 0 Å². The number of hydrogen-bond donors (Lipinski definition) is 2. The summed E-state index contributed by atoms with van der Waals surface area (Å²) in [6, 6.07) is 0.412. The molecule has 0 radical (unpaired) electrons. The number of imidazole rings is 1. The molecule has 0 spiro atoms. The molecular weight excluding hydrogens is 256 g/mol. The molecule has 1 saturated heterocycles. The highest BCUT2D eigenvalue weighted by Gasteiger charge is 2.17. The molecule has 1 fully saturated rings. The van der Waals surface area contributed by atoms with Crippen LogP contribution in [0.3, 0.4) is 0 Å². The van der Waals surface area contributed by atoms with E-state index < -0.39 is 0 Å². The molecule has 20 heavy (non-hydrogen) atoms. The van der Waals surface area contributed by atoms with Crippen LogP contribution in [0.15, 0.2) is 24.8 Å². The third-order valence-electron chi connectivity index (χ3n) is 3.57. The van der Waals surface area contributed by atoms with Crippen molar-refractivity contribution in [1.29, 1.82) is 0 Å². The molecule has 7 heteroatoms. The lowest BCUT2D eigenvalue weighted by Gasteiger charge is -2.22. The molecule has 3 heterocycles. The fourth-order valence-corrected chi connectivity index (χ4v) is 2.44. The zero-order valence-electron chi connectivity index (χ0n) is 11.4. The number of hydrogen-bond acceptors (Lipinski definition) is 4. The Kier molecular flexibility index (Phi) is 3.51. The van der Waals surface area contributed by atoms with Crippen molar-refractivity contribution in [1.82, 2.24) is 24.6 Å². The molecule has 0 atom stereocenters. The Labute approximate surface area is 117 Å². The third-order valence-corrected chi connectivity index (χ3v) is 3.57. The van der Waals surface area contributed by atoms with Gasteiger partial charge in [0.25, 0.3) is 5.91 Å². The molecule has 0 aromatic carbocycles. The molecular formula is C13H18N6O. The SMILES string of the molecule is Cn1ccnc1C(=O)Nc1cnn(C2CCNCC2)c1. The highest BCUT2D eigenvalue weighted by atomic mass is 16.2. The minimum atomic E-state index is -0.220. The van der Waals surface area contributed by atoms with Crippen molar-refractivity contribution in [2.75, 3.05) is 18.4 Å². The van der Waals surface area contributed by atoms with Gasteiger partial charge in [0.2, 0.25) is 0 Å². The summed E-state index contributed by atoms with van der Waals surface area (Å²) in [5.41, 5.74) is 0.705. The lowest BCUT2D eigenvalue weighted by Crippen LogP contribution is -2.29. The maximum Gasteiger partial charge on any atom is 0.291 e. The predicted molar refractivity (Wildman–Crippen MR) is 74.5 cm³/mol. The largest absolute Gasteiger partial charge is 0.330 e. The number of nitrogens with zero attached hydrogens (tertiary/aromatic N) is 4. The van der Waals surface area contributed by atoms with Crippen molar-refractivity contribution in [2.24, 2.45) is 7.05 Å². The first-order valence-electron chi connectivity index (χ1n) is 6.77. The van der Waals surface area contributed by atoms with Crippen molar-refractivity contribution in [3.63, 3.8) is 0 Å². The zero-order chi connectivity index (χ0) is 13.9. The number of carbonyl (C=O) groups is 1. The van der Waals surface area contributed by atoms with E-state index in [0.29, 0.717) is 17.6 Å². The average molecular weight is 274 g/mol. The summed E-state index contributed by atoms with van der Waals surface area (Å²) in [6.45, 7) is 2.03. The first kappa shape index (κ1) is 12.9. The topological polar surface area (TPSA) is 76.8 Å². The smallest absolute Gasteiger partial charge is 0.291 e. The number of aromatic nitrogens is 4. The van der Waals surface area contributed by atoms with E-state index in [1.54, 1.807) is 30.2 Å². The molecule has 106 valence electrons. The number of piperidine rings is 1. The van der Waals surface area contributed by atoms with Crippen molar-refractivity contribution in [2.45, 2.75) is 18.9 Å². The van der Waals surface area contributed by atoms with Crippen LogP contribution in [-0.2, 0) is 7.05 Å². The summed E-state index contributed by atoms with van der Waals surface area (Å²) >= 11 is 0. The van der Waals surface area contributed by atoms with Crippen LogP contribution in [0.2, 0.25) is 0 Å². The maximum absolute atomic E-state index is 12.0. The minimum absolute atomic E-state index is 0.220. The first-order valence-corrected chi connectivity index (χ1v) is 6.77. The quantitative estimate of drug-likeness (QED) is 0.867. The van der Waals surface area contributed by atoms with E-state index in [4.69, 9.17) is 0 Å². The van der Waals surface area contributed by atoms with Crippen LogP contribution in [0.25, 0.3) is 0 Å². The Balaban J connectivity index is 1.68. The molecule has 2 aromatic heterocycles. The molecule has 1 amide bonds. The van der Waals surface area contributed by atoms with E-state index in [9.17, 15) is 4.79 Å². The van der Waals surface area contributed by atoms with E-state index in [-0.39, 0.29) is 5.91 Å². The summed E-state index contributed by atoms with van der Waals surface area (Å²) in [5.74, 6) is 0.168. The lowest BCUT2D eigenvalue weighted by atomic mass is 10.1. The highest BCUT2D eigenvalue weighted by Crippen LogP contribution is 2.19. The number of rotatable bonds is 3. The van der Waals surface area contributed by atoms with Gasteiger partial charge in [-0.3, -0.25) is 9.48 Å². The summed E-state index contributed by atoms with van der Waals surface area (Å²) in [4.78, 5) is 16.1. The van der Waals surface area contributed by atoms with Gasteiger partial charge in [0.1, 0.15) is 0 Å². The van der Waals surface area contributed by atoms with Gasteiger partial charge in [0, 0.05) is 25.6 Å². The van der Waals surface area contributed by atoms with Gasteiger partial charge in [-0.2, -0.15) is 5.10 Å². The van der Waals surface area contributed by atoms with E-state index >= 15 is 0 Å². The normalized spacial score (nSPS) is 16.2. The van der Waals surface area contributed by atoms with Gasteiger partial charge in [0.05, 0.1) is 17.9 Å². The zero-order valence-corrected chi connectivity index (χ0v) is 11.4. The second-order valence-corrected chi connectivity index (χ2v) is 5.01. The predicted octanol–water partition coefficient (Wildman–Crippen LogP) is 0.793. The fraction of sp³-hybridized carbons (Fsp3) is 0.462. The minimum Gasteiger partial charge on any atom is -0.330 e. The van der Waals surface area contributed by atoms with Gasteiger partial charge < -0.3 is 15.2 Å². The Morgan fingerprint density at radius 2 is 2.25 bits per heavy atom. The van der Waals surface area contributed by atoms with Gasteiger partial charge >= 0.3 is 0 Å². The molecule has 2 aromatic rings. The molecule has 0 saturated carbocycles. The van der Waals surface area contributed by atoms with E-state index in [2.05, 4.69) is 20.7 Å². The molecule has 7 nitrogen and oxygen atoms in total. The van der Waals surface area contributed by atoms with E-state index in [1.165, 1.54) is 0 Å². The van der Waals surface area contributed by atoms with Crippen LogP contribution in [0.5, 0.6) is 0 Å². The van der Waals surface area contributed by atoms with Crippen LogP contribution in [0.1, 0.15) is 29.5 Å². The van der Waals surface area contributed by atoms with Gasteiger partial charge in [-0.1, -0.05) is 0 Å². The van der Waals surface area contributed by atoms with Gasteiger partial charge in [-0.15, -0.1) is 0 Å². The number of amides is 1. The Morgan fingerprint density at radius 1 is 1.45 bits per heavy atom. The van der Waals surface area contributed by atoms with Crippen molar-refractivity contribution < 1.29 is 4.79 Å². The monoisotopic (exact) mass is 274 g/mol. The van der Waals surface area contributed by atoms with Gasteiger partial charge in [-0.25, -0.2) is 4.98 Å². The molecule has 2 N–H and O–H groups in total. The Hall–Kier alpha value is -2.15. The second kappa shape index (κ2) is 5.46. The summed E-state index contributed by atoms with van der Waals surface area (Å²) < 4.78 is 3.63. The molecule has 1 aliphatic rings. The molecule has 3 rings (SSSR count). The summed E-state index contributed by atoms with van der Waals surface area (Å²) in [5, 5.41) is 10.5. The molecule has 0 aliphatic carbocycles. The summed E-state index contributed by atoms with van der Waals surface area (Å²) in [7, 11) is 1.79. The molecule has 1 aliphatic heterocycles. The van der Waals surface area contributed by atoms with Crippen LogP contribution in [-0.4, -0.2) is 38.3 Å². The second-order valence-electron chi connectivity index (χ2n) is 5.01. The molecule has 0 unspecified atom stereocenters. The van der Waals surface area contributed by atoms with Crippen molar-refractivity contribution in [3.8, 4) is 0 Å².